The first kappa shape index (κ1) is 14.8. The largest absolute Gasteiger partial charge is 0.508 e. The van der Waals surface area contributed by atoms with Gasteiger partial charge in [0.05, 0.1) is 4.92 Å². The predicted molar refractivity (Wildman–Crippen MR) is 74.4 cm³/mol. The topological polar surface area (TPSA) is 107 Å². The standard InChI is InChI=1S/C13H11NO6S/c1-21(18,19)12-7-3-6-11(13(12)14(16)17)20-10-5-2-4-9(15)8-10/h2-8,15H,1H3. The van der Waals surface area contributed by atoms with E-state index in [0.29, 0.717) is 0 Å². The van der Waals surface area contributed by atoms with E-state index in [-0.39, 0.29) is 17.2 Å². The minimum absolute atomic E-state index is 0.0746. The maximum Gasteiger partial charge on any atom is 0.330 e. The van der Waals surface area contributed by atoms with Crippen LogP contribution in [0.15, 0.2) is 47.4 Å². The molecule has 0 saturated heterocycles. The second-order valence-corrected chi connectivity index (χ2v) is 6.22. The maximum atomic E-state index is 11.6. The first-order valence-corrected chi connectivity index (χ1v) is 7.62. The smallest absolute Gasteiger partial charge is 0.330 e. The number of nitrogens with zero attached hydrogens (tertiary/aromatic N) is 1. The Morgan fingerprint density at radius 3 is 2.43 bits per heavy atom. The lowest BCUT2D eigenvalue weighted by Crippen LogP contribution is -2.04. The van der Waals surface area contributed by atoms with Crippen molar-refractivity contribution in [3.05, 3.63) is 52.6 Å². The number of ether oxygens (including phenoxy) is 1. The Balaban J connectivity index is 2.57. The van der Waals surface area contributed by atoms with E-state index < -0.39 is 25.3 Å². The number of para-hydroxylation sites is 1. The van der Waals surface area contributed by atoms with Crippen molar-refractivity contribution in [2.75, 3.05) is 6.26 Å². The molecule has 21 heavy (non-hydrogen) atoms. The summed E-state index contributed by atoms with van der Waals surface area (Å²) in [6.45, 7) is 0. The summed E-state index contributed by atoms with van der Waals surface area (Å²) in [6.07, 6.45) is 0.882. The second kappa shape index (κ2) is 5.41. The SMILES string of the molecule is CS(=O)(=O)c1cccc(Oc2cccc(O)c2)c1[N+](=O)[O-]. The van der Waals surface area contributed by atoms with Crippen LogP contribution < -0.4 is 4.74 Å². The summed E-state index contributed by atoms with van der Waals surface area (Å²) in [5, 5.41) is 20.5. The maximum absolute atomic E-state index is 11.6. The summed E-state index contributed by atoms with van der Waals surface area (Å²) in [6, 6.07) is 9.43. The Morgan fingerprint density at radius 2 is 1.86 bits per heavy atom. The quantitative estimate of drug-likeness (QED) is 0.687. The number of rotatable bonds is 4. The summed E-state index contributed by atoms with van der Waals surface area (Å²) < 4.78 is 28.6. The molecule has 0 aromatic heterocycles. The molecular formula is C13H11NO6S. The Hall–Kier alpha value is -2.61. The zero-order valence-electron chi connectivity index (χ0n) is 10.9. The van der Waals surface area contributed by atoms with Crippen LogP contribution in [0.4, 0.5) is 5.69 Å². The van der Waals surface area contributed by atoms with Gasteiger partial charge in [0.15, 0.2) is 9.84 Å². The van der Waals surface area contributed by atoms with Crippen molar-refractivity contribution in [1.82, 2.24) is 0 Å². The fourth-order valence-corrected chi connectivity index (χ4v) is 2.59. The lowest BCUT2D eigenvalue weighted by molar-refractivity contribution is -0.388. The number of nitro groups is 1. The first-order chi connectivity index (χ1) is 9.79. The minimum atomic E-state index is -3.77. The van der Waals surface area contributed by atoms with Crippen LogP contribution in [0.25, 0.3) is 0 Å². The zero-order chi connectivity index (χ0) is 15.6. The molecule has 0 bridgehead atoms. The van der Waals surface area contributed by atoms with E-state index in [4.69, 9.17) is 4.74 Å². The number of hydrogen-bond donors (Lipinski definition) is 1. The summed E-state index contributed by atoms with van der Waals surface area (Å²) in [4.78, 5) is 9.92. The fraction of sp³-hybridized carbons (Fsp3) is 0.0769. The minimum Gasteiger partial charge on any atom is -0.508 e. The van der Waals surface area contributed by atoms with Crippen molar-refractivity contribution < 1.29 is 23.2 Å². The number of aromatic hydroxyl groups is 1. The third kappa shape index (κ3) is 3.29. The summed E-state index contributed by atoms with van der Waals surface area (Å²) in [7, 11) is -3.77. The number of phenols is 1. The normalized spacial score (nSPS) is 11.1. The van der Waals surface area contributed by atoms with E-state index in [9.17, 15) is 23.6 Å². The van der Waals surface area contributed by atoms with Gasteiger partial charge >= 0.3 is 5.69 Å². The average molecular weight is 309 g/mol. The lowest BCUT2D eigenvalue weighted by Gasteiger charge is -2.08. The Kier molecular flexibility index (Phi) is 3.81. The molecule has 0 unspecified atom stereocenters. The van der Waals surface area contributed by atoms with Gasteiger partial charge < -0.3 is 9.84 Å². The van der Waals surface area contributed by atoms with E-state index >= 15 is 0 Å². The van der Waals surface area contributed by atoms with Gasteiger partial charge in [-0.3, -0.25) is 10.1 Å². The molecule has 7 nitrogen and oxygen atoms in total. The highest BCUT2D eigenvalue weighted by atomic mass is 32.2. The molecule has 1 N–H and O–H groups in total. The number of phenolic OH excluding ortho intramolecular Hbond substituents is 1. The molecule has 0 aliphatic rings. The highest BCUT2D eigenvalue weighted by Gasteiger charge is 2.27. The monoisotopic (exact) mass is 309 g/mol. The van der Waals surface area contributed by atoms with Crippen molar-refractivity contribution >= 4 is 15.5 Å². The van der Waals surface area contributed by atoms with Crippen molar-refractivity contribution in [3.63, 3.8) is 0 Å². The van der Waals surface area contributed by atoms with Crippen molar-refractivity contribution in [3.8, 4) is 17.2 Å². The molecule has 0 radical (unpaired) electrons. The molecule has 0 aliphatic heterocycles. The molecule has 2 aromatic rings. The second-order valence-electron chi connectivity index (χ2n) is 4.23. The van der Waals surface area contributed by atoms with Gasteiger partial charge in [-0.05, 0) is 24.3 Å². The molecule has 0 amide bonds. The van der Waals surface area contributed by atoms with E-state index in [1.165, 1.54) is 36.4 Å². The van der Waals surface area contributed by atoms with E-state index in [1.807, 2.05) is 0 Å². The predicted octanol–water partition coefficient (Wildman–Crippen LogP) is 2.50. The number of hydrogen-bond acceptors (Lipinski definition) is 6. The molecule has 110 valence electrons. The van der Waals surface area contributed by atoms with Crippen LogP contribution in [0, 0.1) is 10.1 Å². The van der Waals surface area contributed by atoms with Crippen LogP contribution in [-0.2, 0) is 9.84 Å². The average Bonchev–Trinajstić information content (AvgIpc) is 2.37. The molecule has 0 heterocycles. The lowest BCUT2D eigenvalue weighted by atomic mass is 10.3. The van der Waals surface area contributed by atoms with E-state index in [2.05, 4.69) is 0 Å². The molecular weight excluding hydrogens is 298 g/mol. The van der Waals surface area contributed by atoms with Crippen LogP contribution in [0.2, 0.25) is 0 Å². The number of nitro benzene ring substituents is 1. The summed E-state index contributed by atoms with van der Waals surface area (Å²) in [5.41, 5.74) is -0.636. The number of benzene rings is 2. The molecule has 2 aromatic carbocycles. The molecule has 2 rings (SSSR count). The molecule has 0 saturated carbocycles. The highest BCUT2D eigenvalue weighted by Crippen LogP contribution is 2.37. The van der Waals surface area contributed by atoms with E-state index in [0.717, 1.165) is 12.3 Å². The highest BCUT2D eigenvalue weighted by molar-refractivity contribution is 7.90. The van der Waals surface area contributed by atoms with Crippen molar-refractivity contribution in [2.24, 2.45) is 0 Å². The van der Waals surface area contributed by atoms with E-state index in [1.54, 1.807) is 0 Å². The van der Waals surface area contributed by atoms with Gasteiger partial charge in [-0.25, -0.2) is 8.42 Å². The van der Waals surface area contributed by atoms with Gasteiger partial charge in [0.1, 0.15) is 16.4 Å². The molecule has 0 atom stereocenters. The Morgan fingerprint density at radius 1 is 1.19 bits per heavy atom. The van der Waals surface area contributed by atoms with Gasteiger partial charge in [-0.15, -0.1) is 0 Å². The van der Waals surface area contributed by atoms with Gasteiger partial charge in [-0.1, -0.05) is 12.1 Å². The molecule has 8 heteroatoms. The molecule has 0 aliphatic carbocycles. The Labute approximate surface area is 120 Å². The van der Waals surface area contributed by atoms with Crippen LogP contribution in [0.5, 0.6) is 17.2 Å². The number of sulfone groups is 1. The van der Waals surface area contributed by atoms with Gasteiger partial charge in [-0.2, -0.15) is 0 Å². The zero-order valence-corrected chi connectivity index (χ0v) is 11.7. The first-order valence-electron chi connectivity index (χ1n) is 5.73. The van der Waals surface area contributed by atoms with Crippen LogP contribution in [0.1, 0.15) is 0 Å². The van der Waals surface area contributed by atoms with Gasteiger partial charge in [0.25, 0.3) is 0 Å². The Bertz CT molecular complexity index is 800. The molecule has 0 spiro atoms. The van der Waals surface area contributed by atoms with Gasteiger partial charge in [0, 0.05) is 12.3 Å². The van der Waals surface area contributed by atoms with Gasteiger partial charge in [0.2, 0.25) is 5.75 Å². The molecule has 0 fully saturated rings. The third-order valence-corrected chi connectivity index (χ3v) is 3.72. The third-order valence-electron chi connectivity index (χ3n) is 2.59. The van der Waals surface area contributed by atoms with Crippen molar-refractivity contribution in [2.45, 2.75) is 4.90 Å². The fourth-order valence-electron chi connectivity index (χ4n) is 1.74. The summed E-state index contributed by atoms with van der Waals surface area (Å²) in [5.74, 6) is -0.133. The van der Waals surface area contributed by atoms with Crippen LogP contribution >= 0.6 is 0 Å². The van der Waals surface area contributed by atoms with Crippen LogP contribution in [-0.4, -0.2) is 24.7 Å². The van der Waals surface area contributed by atoms with Crippen molar-refractivity contribution in [1.29, 1.82) is 0 Å². The van der Waals surface area contributed by atoms with Crippen LogP contribution in [0.3, 0.4) is 0 Å². The summed E-state index contributed by atoms with van der Waals surface area (Å²) >= 11 is 0.